The molecular formula is C22H17N3O5. The highest BCUT2D eigenvalue weighted by molar-refractivity contribution is 6.05. The predicted octanol–water partition coefficient (Wildman–Crippen LogP) is 0.227. The van der Waals surface area contributed by atoms with Crippen LogP contribution >= 0.6 is 0 Å². The van der Waals surface area contributed by atoms with Crippen LogP contribution in [-0.2, 0) is 9.59 Å². The van der Waals surface area contributed by atoms with E-state index in [0.717, 1.165) is 15.3 Å². The first-order valence-electron chi connectivity index (χ1n) is 9.56. The lowest BCUT2D eigenvalue weighted by molar-refractivity contribution is -0.148. The summed E-state index contributed by atoms with van der Waals surface area (Å²) in [6.45, 7) is 0.0974. The topological polar surface area (TPSA) is 84.2 Å². The van der Waals surface area contributed by atoms with Gasteiger partial charge in [-0.05, 0) is 30.3 Å². The van der Waals surface area contributed by atoms with E-state index in [4.69, 9.17) is 9.47 Å². The summed E-state index contributed by atoms with van der Waals surface area (Å²) in [6, 6.07) is 12.0. The van der Waals surface area contributed by atoms with Crippen LogP contribution in [0.3, 0.4) is 0 Å². The molecule has 3 aliphatic rings. The Bertz CT molecular complexity index is 1390. The summed E-state index contributed by atoms with van der Waals surface area (Å²) in [6.07, 6.45) is 1.76. The van der Waals surface area contributed by atoms with Gasteiger partial charge in [-0.25, -0.2) is 0 Å². The van der Waals surface area contributed by atoms with E-state index in [1.807, 2.05) is 24.3 Å². The number of rotatable bonds is 1. The molecule has 1 N–H and O–H groups in total. The van der Waals surface area contributed by atoms with Crippen LogP contribution in [0.25, 0.3) is 22.7 Å². The van der Waals surface area contributed by atoms with E-state index in [0.29, 0.717) is 33.6 Å². The van der Waals surface area contributed by atoms with Crippen LogP contribution in [0.4, 0.5) is 0 Å². The molecule has 0 saturated carbocycles. The van der Waals surface area contributed by atoms with Crippen LogP contribution in [-0.4, -0.2) is 58.0 Å². The third kappa shape index (κ3) is 2.10. The molecule has 1 aromatic heterocycles. The summed E-state index contributed by atoms with van der Waals surface area (Å²) in [4.78, 5) is 29.0. The van der Waals surface area contributed by atoms with E-state index in [-0.39, 0.29) is 25.2 Å². The molecule has 30 heavy (non-hydrogen) atoms. The molecule has 1 fully saturated rings. The number of ether oxygens (including phenoxy) is 2. The van der Waals surface area contributed by atoms with Crippen molar-refractivity contribution in [3.05, 3.63) is 58.6 Å². The van der Waals surface area contributed by atoms with Gasteiger partial charge in [0.15, 0.2) is 11.5 Å². The molecule has 2 amide bonds. The highest BCUT2D eigenvalue weighted by atomic mass is 16.7. The lowest BCUT2D eigenvalue weighted by Crippen LogP contribution is -2.61. The molecule has 8 nitrogen and oxygen atoms in total. The van der Waals surface area contributed by atoms with E-state index in [1.54, 1.807) is 31.3 Å². The molecule has 3 aliphatic heterocycles. The number of piperazine rings is 1. The van der Waals surface area contributed by atoms with Crippen molar-refractivity contribution in [3.8, 4) is 11.5 Å². The molecule has 8 heteroatoms. The second-order valence-electron chi connectivity index (χ2n) is 7.58. The molecule has 6 rings (SSSR count). The first-order valence-corrected chi connectivity index (χ1v) is 9.56. The van der Waals surface area contributed by atoms with Gasteiger partial charge in [0.1, 0.15) is 11.4 Å². The third-order valence-electron chi connectivity index (χ3n) is 5.87. The highest BCUT2D eigenvalue weighted by Crippen LogP contribution is 2.36. The Morgan fingerprint density at radius 2 is 1.87 bits per heavy atom. The molecular weight excluding hydrogens is 386 g/mol. The van der Waals surface area contributed by atoms with Crippen LogP contribution in [0.15, 0.2) is 42.5 Å². The zero-order chi connectivity index (χ0) is 20.6. The molecule has 2 aromatic carbocycles. The van der Waals surface area contributed by atoms with Crippen LogP contribution in [0, 0.1) is 0 Å². The second-order valence-corrected chi connectivity index (χ2v) is 7.58. The summed E-state index contributed by atoms with van der Waals surface area (Å²) in [5.74, 6) is 0.778. The second kappa shape index (κ2) is 5.79. The predicted molar refractivity (Wildman–Crippen MR) is 106 cm³/mol. The maximum atomic E-state index is 13.1. The van der Waals surface area contributed by atoms with Gasteiger partial charge >= 0.3 is 0 Å². The van der Waals surface area contributed by atoms with Gasteiger partial charge in [-0.1, -0.05) is 18.2 Å². The Morgan fingerprint density at radius 1 is 1.07 bits per heavy atom. The van der Waals surface area contributed by atoms with Crippen molar-refractivity contribution >= 4 is 34.5 Å². The molecule has 0 aliphatic carbocycles. The van der Waals surface area contributed by atoms with Gasteiger partial charge < -0.3 is 19.6 Å². The van der Waals surface area contributed by atoms with Crippen LogP contribution in [0.1, 0.15) is 5.56 Å². The third-order valence-corrected chi connectivity index (χ3v) is 5.87. The zero-order valence-corrected chi connectivity index (χ0v) is 16.0. The number of fused-ring (bicyclic) bond motifs is 5. The lowest BCUT2D eigenvalue weighted by Gasteiger charge is -2.39. The van der Waals surface area contributed by atoms with Crippen molar-refractivity contribution in [1.82, 2.24) is 14.5 Å². The molecule has 3 aromatic rings. The van der Waals surface area contributed by atoms with E-state index >= 15 is 0 Å². The number of aromatic nitrogens is 1. The summed E-state index contributed by atoms with van der Waals surface area (Å²) in [5.41, 5.74) is 1.73. The molecule has 4 heterocycles. The minimum Gasteiger partial charge on any atom is -0.454 e. The van der Waals surface area contributed by atoms with E-state index in [2.05, 4.69) is 0 Å². The summed E-state index contributed by atoms with van der Waals surface area (Å²) >= 11 is 0. The minimum absolute atomic E-state index is 0.0295. The van der Waals surface area contributed by atoms with Crippen LogP contribution in [0.2, 0.25) is 0 Å². The lowest BCUT2D eigenvalue weighted by atomic mass is 9.99. The number of para-hydroxylation sites is 1. The fourth-order valence-corrected chi connectivity index (χ4v) is 4.49. The van der Waals surface area contributed by atoms with Crippen LogP contribution in [0.5, 0.6) is 11.5 Å². The number of amides is 2. The number of benzene rings is 2. The van der Waals surface area contributed by atoms with Crippen LogP contribution < -0.4 is 20.0 Å². The number of hydrogen-bond donors (Lipinski definition) is 1. The minimum atomic E-state index is -0.782. The van der Waals surface area contributed by atoms with Crippen molar-refractivity contribution in [2.24, 2.45) is 0 Å². The first-order chi connectivity index (χ1) is 14.5. The number of nitrogens with zero attached hydrogens (tertiary/aromatic N) is 3. The standard InChI is InChI=1S/C22H17N3O5/c1-23-10-19(26)24-16(22(23)27)9-14-13-4-2-3-5-15(13)25(28)21(14)20(24)12-6-7-17-18(8-12)30-11-29-17/h2-9,16,28H,10-11H2,1H3/t16-/m1/s1. The average molecular weight is 403 g/mol. The quantitative estimate of drug-likeness (QED) is 0.588. The summed E-state index contributed by atoms with van der Waals surface area (Å²) in [5, 5.41) is 13.0. The number of likely N-dealkylation sites (N-methyl/N-ethyl adjacent to an activating group) is 1. The highest BCUT2D eigenvalue weighted by Gasteiger charge is 2.42. The Balaban J connectivity index is 1.75. The molecule has 0 bridgehead atoms. The maximum Gasteiger partial charge on any atom is 0.250 e. The number of hydrogen-bond acceptors (Lipinski definition) is 5. The normalized spacial score (nSPS) is 19.8. The van der Waals surface area contributed by atoms with Gasteiger partial charge in [-0.2, -0.15) is 4.73 Å². The average Bonchev–Trinajstić information content (AvgIpc) is 3.33. The van der Waals surface area contributed by atoms with Gasteiger partial charge in [0, 0.05) is 23.2 Å². The summed E-state index contributed by atoms with van der Waals surface area (Å²) in [7, 11) is 1.62. The van der Waals surface area contributed by atoms with Gasteiger partial charge in [0.2, 0.25) is 18.6 Å². The van der Waals surface area contributed by atoms with Crippen molar-refractivity contribution in [2.75, 3.05) is 20.4 Å². The fraction of sp³-hybridized carbons (Fsp3) is 0.182. The maximum absolute atomic E-state index is 13.1. The molecule has 0 unspecified atom stereocenters. The SMILES string of the molecule is CN1CC(=O)N2C(c3ccc4c(c3)OCO4)=c3c(c4ccccc4n3O)=C[C@@H]2C1=O. The van der Waals surface area contributed by atoms with E-state index < -0.39 is 6.04 Å². The number of carbonyl (C=O) groups is 2. The molecule has 1 saturated heterocycles. The van der Waals surface area contributed by atoms with Crippen molar-refractivity contribution in [1.29, 1.82) is 0 Å². The van der Waals surface area contributed by atoms with Crippen molar-refractivity contribution in [2.45, 2.75) is 6.04 Å². The largest absolute Gasteiger partial charge is 0.454 e. The van der Waals surface area contributed by atoms with Gasteiger partial charge in [-0.15, -0.1) is 0 Å². The van der Waals surface area contributed by atoms with E-state index in [1.165, 1.54) is 9.80 Å². The van der Waals surface area contributed by atoms with Crippen molar-refractivity contribution < 1.29 is 24.3 Å². The van der Waals surface area contributed by atoms with Gasteiger partial charge in [0.25, 0.3) is 0 Å². The summed E-state index contributed by atoms with van der Waals surface area (Å²) < 4.78 is 12.0. The molecule has 0 spiro atoms. The van der Waals surface area contributed by atoms with E-state index in [9.17, 15) is 14.8 Å². The molecule has 1 atom stereocenters. The van der Waals surface area contributed by atoms with Gasteiger partial charge in [0.05, 0.1) is 17.8 Å². The Morgan fingerprint density at radius 3 is 2.73 bits per heavy atom. The van der Waals surface area contributed by atoms with Crippen molar-refractivity contribution in [3.63, 3.8) is 0 Å². The monoisotopic (exact) mass is 403 g/mol. The Kier molecular flexibility index (Phi) is 3.27. The molecule has 0 radical (unpaired) electrons. The smallest absolute Gasteiger partial charge is 0.250 e. The Hall–Kier alpha value is -3.94. The number of carbonyl (C=O) groups excluding carboxylic acids is 2. The molecule has 150 valence electrons. The van der Waals surface area contributed by atoms with Gasteiger partial charge in [-0.3, -0.25) is 14.5 Å². The fourth-order valence-electron chi connectivity index (χ4n) is 4.49. The zero-order valence-electron chi connectivity index (χ0n) is 16.0. The first kappa shape index (κ1) is 17.0. The Labute approximate surface area is 170 Å².